The van der Waals surface area contributed by atoms with Crippen molar-refractivity contribution in [3.63, 3.8) is 0 Å². The van der Waals surface area contributed by atoms with Crippen LogP contribution in [0.4, 0.5) is 14.5 Å². The molecule has 0 aliphatic rings. The molecule has 1 aromatic heterocycles. The van der Waals surface area contributed by atoms with E-state index in [2.05, 4.69) is 10.3 Å². The molecule has 1 N–H and O–H groups in total. The van der Waals surface area contributed by atoms with E-state index in [4.69, 9.17) is 4.42 Å². The molecule has 90 valence electrons. The first kappa shape index (κ1) is 11.5. The Morgan fingerprint density at radius 2 is 2.29 bits per heavy atom. The molecule has 1 aromatic carbocycles. The van der Waals surface area contributed by atoms with Crippen molar-refractivity contribution in [2.75, 3.05) is 5.32 Å². The minimum atomic E-state index is -3.03. The summed E-state index contributed by atoms with van der Waals surface area (Å²) in [5.41, 5.74) is 1.38. The van der Waals surface area contributed by atoms with Gasteiger partial charge in [0.05, 0.1) is 0 Å². The second kappa shape index (κ2) is 4.48. The van der Waals surface area contributed by atoms with Crippen molar-refractivity contribution in [1.29, 1.82) is 0 Å². The maximum absolute atomic E-state index is 12.0. The Morgan fingerprint density at radius 1 is 1.53 bits per heavy atom. The molecule has 17 heavy (non-hydrogen) atoms. The van der Waals surface area contributed by atoms with Crippen LogP contribution < -0.4 is 5.32 Å². The molecule has 0 radical (unpaired) electrons. The number of rotatable bonds is 3. The van der Waals surface area contributed by atoms with Crippen molar-refractivity contribution in [2.24, 2.45) is 0 Å². The monoisotopic (exact) mass is 240 g/mol. The number of fused-ring (bicyclic) bond motifs is 1. The minimum Gasteiger partial charge on any atom is -0.441 e. The van der Waals surface area contributed by atoms with Crippen LogP contribution in [-0.2, 0) is 11.2 Å². The van der Waals surface area contributed by atoms with E-state index in [1.165, 1.54) is 12.1 Å². The number of aromatic nitrogens is 1. The van der Waals surface area contributed by atoms with Gasteiger partial charge in [-0.15, -0.1) is 0 Å². The Hall–Kier alpha value is -1.98. The predicted molar refractivity (Wildman–Crippen MR) is 58.0 cm³/mol. The van der Waals surface area contributed by atoms with Crippen molar-refractivity contribution in [2.45, 2.75) is 19.8 Å². The number of nitrogens with one attached hydrogen (secondary N) is 1. The molecule has 1 amide bonds. The Kier molecular flexibility index (Phi) is 3.03. The molecule has 1 heterocycles. The molecule has 2 rings (SSSR count). The molecular weight excluding hydrogens is 230 g/mol. The lowest BCUT2D eigenvalue weighted by atomic mass is 10.3. The van der Waals surface area contributed by atoms with Gasteiger partial charge < -0.3 is 9.73 Å². The Morgan fingerprint density at radius 3 is 2.94 bits per heavy atom. The van der Waals surface area contributed by atoms with Gasteiger partial charge in [0.15, 0.2) is 11.5 Å². The van der Waals surface area contributed by atoms with E-state index in [0.29, 0.717) is 23.4 Å². The summed E-state index contributed by atoms with van der Waals surface area (Å²) < 4.78 is 29.4. The van der Waals surface area contributed by atoms with E-state index < -0.39 is 12.3 Å². The van der Waals surface area contributed by atoms with Crippen molar-refractivity contribution in [1.82, 2.24) is 4.98 Å². The van der Waals surface area contributed by atoms with Gasteiger partial charge in [-0.3, -0.25) is 4.79 Å². The second-order valence-corrected chi connectivity index (χ2v) is 3.43. The molecule has 6 heteroatoms. The number of oxazole rings is 1. The summed E-state index contributed by atoms with van der Waals surface area (Å²) >= 11 is 0. The van der Waals surface area contributed by atoms with E-state index in [1.807, 2.05) is 6.92 Å². The second-order valence-electron chi connectivity index (χ2n) is 3.43. The molecular formula is C11H10F2N2O2. The highest BCUT2D eigenvalue weighted by Crippen LogP contribution is 2.20. The maximum atomic E-state index is 12.0. The average molecular weight is 240 g/mol. The summed E-state index contributed by atoms with van der Waals surface area (Å²) in [7, 11) is 0. The smallest absolute Gasteiger partial charge is 0.315 e. The van der Waals surface area contributed by atoms with Gasteiger partial charge in [0, 0.05) is 12.1 Å². The topological polar surface area (TPSA) is 55.1 Å². The molecule has 0 fully saturated rings. The van der Waals surface area contributed by atoms with Crippen molar-refractivity contribution < 1.29 is 18.0 Å². The molecule has 0 saturated heterocycles. The maximum Gasteiger partial charge on any atom is 0.315 e. The average Bonchev–Trinajstić information content (AvgIpc) is 2.70. The highest BCUT2D eigenvalue weighted by molar-refractivity contribution is 5.94. The molecule has 0 saturated carbocycles. The zero-order valence-corrected chi connectivity index (χ0v) is 9.04. The third kappa shape index (κ3) is 2.41. The number of anilines is 1. The normalized spacial score (nSPS) is 11.1. The summed E-state index contributed by atoms with van der Waals surface area (Å²) in [6, 6.07) is 4.58. The van der Waals surface area contributed by atoms with Crippen molar-refractivity contribution in [3.8, 4) is 0 Å². The Bertz CT molecular complexity index is 551. The molecule has 0 unspecified atom stereocenters. The fourth-order valence-corrected chi connectivity index (χ4v) is 1.40. The van der Waals surface area contributed by atoms with Gasteiger partial charge in [0.2, 0.25) is 0 Å². The van der Waals surface area contributed by atoms with Gasteiger partial charge in [-0.05, 0) is 18.2 Å². The van der Waals surface area contributed by atoms with E-state index >= 15 is 0 Å². The first-order valence-electron chi connectivity index (χ1n) is 5.08. The van der Waals surface area contributed by atoms with Crippen LogP contribution in [0.3, 0.4) is 0 Å². The largest absolute Gasteiger partial charge is 0.441 e. The summed E-state index contributed by atoms with van der Waals surface area (Å²) in [4.78, 5) is 14.9. The summed E-state index contributed by atoms with van der Waals surface area (Å²) in [5.74, 6) is -0.763. The summed E-state index contributed by atoms with van der Waals surface area (Å²) in [6.45, 7) is 1.89. The molecule has 4 nitrogen and oxygen atoms in total. The third-order valence-corrected chi connectivity index (χ3v) is 2.20. The number of aryl methyl sites for hydroxylation is 1. The van der Waals surface area contributed by atoms with Crippen LogP contribution in [0.2, 0.25) is 0 Å². The minimum absolute atomic E-state index is 0.277. The zero-order valence-electron chi connectivity index (χ0n) is 9.04. The van der Waals surface area contributed by atoms with Gasteiger partial charge >= 0.3 is 6.43 Å². The summed E-state index contributed by atoms with van der Waals surface area (Å²) in [5, 5.41) is 2.09. The van der Waals surface area contributed by atoms with Gasteiger partial charge in [-0.1, -0.05) is 6.92 Å². The van der Waals surface area contributed by atoms with E-state index in [1.54, 1.807) is 6.07 Å². The molecule has 0 bridgehead atoms. The van der Waals surface area contributed by atoms with Gasteiger partial charge in [0.1, 0.15) is 5.52 Å². The number of alkyl halides is 2. The van der Waals surface area contributed by atoms with Crippen LogP contribution in [0.1, 0.15) is 12.8 Å². The lowest BCUT2D eigenvalue weighted by Crippen LogP contribution is -2.19. The fourth-order valence-electron chi connectivity index (χ4n) is 1.40. The number of carbonyl (C=O) groups excluding carboxylic acids is 1. The number of hydrogen-bond acceptors (Lipinski definition) is 3. The highest BCUT2D eigenvalue weighted by atomic mass is 19.3. The molecule has 2 aromatic rings. The van der Waals surface area contributed by atoms with Crippen LogP contribution in [0.15, 0.2) is 22.6 Å². The van der Waals surface area contributed by atoms with Crippen LogP contribution in [-0.4, -0.2) is 17.3 Å². The SMILES string of the molecule is CCc1nc2cc(NC(=O)C(F)F)ccc2o1. The van der Waals surface area contributed by atoms with Gasteiger partial charge in [0.25, 0.3) is 5.91 Å². The number of benzene rings is 1. The Labute approximate surface area is 95.6 Å². The molecule has 0 spiro atoms. The van der Waals surface area contributed by atoms with Gasteiger partial charge in [-0.2, -0.15) is 8.78 Å². The van der Waals surface area contributed by atoms with E-state index in [9.17, 15) is 13.6 Å². The lowest BCUT2D eigenvalue weighted by molar-refractivity contribution is -0.126. The number of amides is 1. The standard InChI is InChI=1S/C11H10F2N2O2/c1-2-9-15-7-5-6(3-4-8(7)17-9)14-11(16)10(12)13/h3-5,10H,2H2,1H3,(H,14,16). The lowest BCUT2D eigenvalue weighted by Gasteiger charge is -2.02. The number of hydrogen-bond donors (Lipinski definition) is 1. The van der Waals surface area contributed by atoms with Gasteiger partial charge in [-0.25, -0.2) is 4.98 Å². The molecule has 0 aliphatic carbocycles. The number of carbonyl (C=O) groups is 1. The Balaban J connectivity index is 2.28. The van der Waals surface area contributed by atoms with Crippen LogP contribution in [0.5, 0.6) is 0 Å². The zero-order chi connectivity index (χ0) is 12.4. The molecule has 0 atom stereocenters. The fraction of sp³-hybridized carbons (Fsp3) is 0.273. The predicted octanol–water partition coefficient (Wildman–Crippen LogP) is 2.59. The molecule has 0 aliphatic heterocycles. The third-order valence-electron chi connectivity index (χ3n) is 2.20. The van der Waals surface area contributed by atoms with Crippen LogP contribution in [0, 0.1) is 0 Å². The van der Waals surface area contributed by atoms with Crippen molar-refractivity contribution >= 4 is 22.7 Å². The van der Waals surface area contributed by atoms with Crippen LogP contribution in [0.25, 0.3) is 11.1 Å². The first-order chi connectivity index (χ1) is 8.10. The number of halogens is 2. The van der Waals surface area contributed by atoms with Crippen LogP contribution >= 0.6 is 0 Å². The first-order valence-corrected chi connectivity index (χ1v) is 5.08. The van der Waals surface area contributed by atoms with Crippen molar-refractivity contribution in [3.05, 3.63) is 24.1 Å². The summed E-state index contributed by atoms with van der Waals surface area (Å²) in [6.07, 6.45) is -2.39. The quantitative estimate of drug-likeness (QED) is 0.897. The highest BCUT2D eigenvalue weighted by Gasteiger charge is 2.15. The number of nitrogens with zero attached hydrogens (tertiary/aromatic N) is 1. The van der Waals surface area contributed by atoms with E-state index in [0.717, 1.165) is 0 Å². The van der Waals surface area contributed by atoms with E-state index in [-0.39, 0.29) is 5.69 Å².